The summed E-state index contributed by atoms with van der Waals surface area (Å²) in [4.78, 5) is 15.1. The molecule has 1 heterocycles. The summed E-state index contributed by atoms with van der Waals surface area (Å²) in [5.41, 5.74) is 1.20. The Kier molecular flexibility index (Phi) is 6.96. The van der Waals surface area contributed by atoms with Crippen molar-refractivity contribution in [3.63, 3.8) is 0 Å². The molecule has 1 fully saturated rings. The van der Waals surface area contributed by atoms with Crippen molar-refractivity contribution in [3.05, 3.63) is 53.6 Å². The number of methoxy groups -OCH3 is 2. The highest BCUT2D eigenvalue weighted by Crippen LogP contribution is 2.27. The summed E-state index contributed by atoms with van der Waals surface area (Å²) in [6.45, 7) is 2.28. The fourth-order valence-electron chi connectivity index (χ4n) is 3.66. The van der Waals surface area contributed by atoms with Crippen molar-refractivity contribution in [2.24, 2.45) is 5.14 Å². The number of carbonyl (C=O) groups excluding carboxylic acids is 1. The molecule has 1 aliphatic heterocycles. The topological polar surface area (TPSA) is 111 Å². The highest BCUT2D eigenvalue weighted by molar-refractivity contribution is 7.89. The first-order valence-corrected chi connectivity index (χ1v) is 11.2. The average molecular weight is 434 g/mol. The quantitative estimate of drug-likeness (QED) is 0.658. The van der Waals surface area contributed by atoms with E-state index in [4.69, 9.17) is 14.6 Å². The fraction of sp³-hybridized carbons (Fsp3) is 0.381. The van der Waals surface area contributed by atoms with Crippen LogP contribution in [0, 0.1) is 0 Å². The number of sulfonamides is 1. The minimum atomic E-state index is -3.93. The third-order valence-electron chi connectivity index (χ3n) is 5.28. The lowest BCUT2D eigenvalue weighted by Gasteiger charge is -2.28. The van der Waals surface area contributed by atoms with Gasteiger partial charge >= 0.3 is 0 Å². The van der Waals surface area contributed by atoms with Gasteiger partial charge in [0.1, 0.15) is 11.5 Å². The maximum atomic E-state index is 12.9. The molecule has 3 rings (SSSR count). The van der Waals surface area contributed by atoms with Gasteiger partial charge in [0.05, 0.1) is 30.7 Å². The number of benzene rings is 2. The van der Waals surface area contributed by atoms with Crippen LogP contribution in [-0.2, 0) is 10.0 Å². The van der Waals surface area contributed by atoms with E-state index in [0.717, 1.165) is 37.2 Å². The van der Waals surface area contributed by atoms with Crippen LogP contribution in [0.3, 0.4) is 0 Å². The number of hydrogen-bond acceptors (Lipinski definition) is 6. The second-order valence-corrected chi connectivity index (χ2v) is 8.71. The molecule has 0 saturated carbocycles. The number of carbonyl (C=O) groups is 1. The van der Waals surface area contributed by atoms with E-state index in [-0.39, 0.29) is 22.3 Å². The van der Waals surface area contributed by atoms with Crippen LogP contribution in [0.2, 0.25) is 0 Å². The van der Waals surface area contributed by atoms with Gasteiger partial charge in [0.2, 0.25) is 10.0 Å². The zero-order chi connectivity index (χ0) is 21.7. The van der Waals surface area contributed by atoms with Gasteiger partial charge in [-0.3, -0.25) is 9.69 Å². The Bertz CT molecular complexity index is 986. The molecule has 0 aromatic heterocycles. The van der Waals surface area contributed by atoms with Crippen LogP contribution in [0.5, 0.6) is 11.5 Å². The van der Waals surface area contributed by atoms with Crippen LogP contribution in [0.25, 0.3) is 0 Å². The van der Waals surface area contributed by atoms with Gasteiger partial charge in [0.25, 0.3) is 5.91 Å². The van der Waals surface area contributed by atoms with Crippen molar-refractivity contribution >= 4 is 15.9 Å². The molecule has 2 aromatic carbocycles. The van der Waals surface area contributed by atoms with Crippen LogP contribution in [0.4, 0.5) is 0 Å². The summed E-state index contributed by atoms with van der Waals surface area (Å²) >= 11 is 0. The number of likely N-dealkylation sites (tertiary alicyclic amines) is 1. The summed E-state index contributed by atoms with van der Waals surface area (Å²) in [7, 11) is -0.888. The molecule has 0 radical (unpaired) electrons. The smallest absolute Gasteiger partial charge is 0.255 e. The monoisotopic (exact) mass is 433 g/mol. The molecule has 2 aromatic rings. The first kappa shape index (κ1) is 22.1. The first-order valence-electron chi connectivity index (χ1n) is 9.70. The number of nitrogens with zero attached hydrogens (tertiary/aromatic N) is 1. The summed E-state index contributed by atoms with van der Waals surface area (Å²) in [5.74, 6) is 0.629. The van der Waals surface area contributed by atoms with Gasteiger partial charge < -0.3 is 14.8 Å². The molecule has 0 bridgehead atoms. The van der Waals surface area contributed by atoms with Crippen LogP contribution < -0.4 is 19.9 Å². The minimum Gasteiger partial charge on any atom is -0.497 e. The van der Waals surface area contributed by atoms with Crippen molar-refractivity contribution in [2.75, 3.05) is 33.9 Å². The number of amides is 1. The molecule has 8 nitrogen and oxygen atoms in total. The van der Waals surface area contributed by atoms with Gasteiger partial charge in [0, 0.05) is 6.54 Å². The molecule has 3 N–H and O–H groups in total. The van der Waals surface area contributed by atoms with E-state index in [1.807, 2.05) is 24.3 Å². The van der Waals surface area contributed by atoms with E-state index in [1.165, 1.54) is 25.3 Å². The third kappa shape index (κ3) is 5.10. The summed E-state index contributed by atoms with van der Waals surface area (Å²) < 4.78 is 33.8. The largest absolute Gasteiger partial charge is 0.497 e. The molecular weight excluding hydrogens is 406 g/mol. The summed E-state index contributed by atoms with van der Waals surface area (Å²) in [5, 5.41) is 8.13. The molecule has 1 aliphatic rings. The second-order valence-electron chi connectivity index (χ2n) is 7.15. The zero-order valence-corrected chi connectivity index (χ0v) is 17.9. The van der Waals surface area contributed by atoms with Crippen molar-refractivity contribution in [1.29, 1.82) is 0 Å². The minimum absolute atomic E-state index is 0.00484. The Hall–Kier alpha value is -2.62. The first-order chi connectivity index (χ1) is 14.3. The number of ether oxygens (including phenoxy) is 2. The predicted molar refractivity (Wildman–Crippen MR) is 113 cm³/mol. The molecule has 1 saturated heterocycles. The molecule has 9 heteroatoms. The summed E-state index contributed by atoms with van der Waals surface area (Å²) in [6.07, 6.45) is 2.23. The Morgan fingerprint density at radius 2 is 1.77 bits per heavy atom. The van der Waals surface area contributed by atoms with Crippen LogP contribution in [-0.4, -0.2) is 53.1 Å². The number of nitrogens with one attached hydrogen (secondary N) is 1. The number of hydrogen-bond donors (Lipinski definition) is 2. The maximum absolute atomic E-state index is 12.9. The van der Waals surface area contributed by atoms with E-state index in [9.17, 15) is 13.2 Å². The Labute approximate surface area is 177 Å². The van der Waals surface area contributed by atoms with Gasteiger partial charge in [-0.05, 0) is 61.8 Å². The molecule has 0 unspecified atom stereocenters. The van der Waals surface area contributed by atoms with E-state index in [2.05, 4.69) is 10.2 Å². The Morgan fingerprint density at radius 3 is 2.33 bits per heavy atom. The van der Waals surface area contributed by atoms with E-state index in [0.29, 0.717) is 6.54 Å². The van der Waals surface area contributed by atoms with Crippen molar-refractivity contribution < 1.29 is 22.7 Å². The SMILES string of the molecule is COc1ccc([C@H](CNC(=O)c2cc(S(N)(=O)=O)ccc2OC)N2CCCC2)cc1. The number of primary sulfonamides is 1. The van der Waals surface area contributed by atoms with Gasteiger partial charge in [-0.15, -0.1) is 0 Å². The summed E-state index contributed by atoms with van der Waals surface area (Å²) in [6, 6.07) is 11.8. The van der Waals surface area contributed by atoms with Crippen molar-refractivity contribution in [1.82, 2.24) is 10.2 Å². The van der Waals surface area contributed by atoms with E-state index >= 15 is 0 Å². The molecular formula is C21H27N3O5S. The molecule has 0 aliphatic carbocycles. The lowest BCUT2D eigenvalue weighted by Crippen LogP contribution is -2.37. The van der Waals surface area contributed by atoms with Crippen molar-refractivity contribution in [3.8, 4) is 11.5 Å². The van der Waals surface area contributed by atoms with Crippen LogP contribution in [0.1, 0.15) is 34.8 Å². The third-order valence-corrected chi connectivity index (χ3v) is 6.19. The van der Waals surface area contributed by atoms with E-state index < -0.39 is 15.9 Å². The predicted octanol–water partition coefficient (Wildman–Crippen LogP) is 1.92. The standard InChI is InChI=1S/C21H27N3O5S/c1-28-16-7-5-15(6-8-16)19(24-11-3-4-12-24)14-23-21(25)18-13-17(30(22,26)27)9-10-20(18)29-2/h5-10,13,19H,3-4,11-12,14H2,1-2H3,(H,23,25)(H2,22,26,27)/t19-/m0/s1. The van der Waals surface area contributed by atoms with Gasteiger partial charge in [-0.2, -0.15) is 0 Å². The Morgan fingerprint density at radius 1 is 1.10 bits per heavy atom. The molecule has 1 amide bonds. The molecule has 0 spiro atoms. The van der Waals surface area contributed by atoms with Gasteiger partial charge in [0.15, 0.2) is 0 Å². The van der Waals surface area contributed by atoms with Gasteiger partial charge in [-0.1, -0.05) is 12.1 Å². The maximum Gasteiger partial charge on any atom is 0.255 e. The Balaban J connectivity index is 1.82. The van der Waals surface area contributed by atoms with Gasteiger partial charge in [-0.25, -0.2) is 13.6 Å². The second kappa shape index (κ2) is 9.46. The van der Waals surface area contributed by atoms with Crippen molar-refractivity contribution in [2.45, 2.75) is 23.8 Å². The number of nitrogens with two attached hydrogens (primary N) is 1. The highest BCUT2D eigenvalue weighted by atomic mass is 32.2. The van der Waals surface area contributed by atoms with Crippen LogP contribution in [0.15, 0.2) is 47.4 Å². The van der Waals surface area contributed by atoms with Crippen LogP contribution >= 0.6 is 0 Å². The normalized spacial score (nSPS) is 15.6. The molecule has 30 heavy (non-hydrogen) atoms. The lowest BCUT2D eigenvalue weighted by atomic mass is 10.0. The zero-order valence-electron chi connectivity index (χ0n) is 17.1. The fourth-order valence-corrected chi connectivity index (χ4v) is 4.20. The number of rotatable bonds is 8. The lowest BCUT2D eigenvalue weighted by molar-refractivity contribution is 0.0934. The highest BCUT2D eigenvalue weighted by Gasteiger charge is 2.25. The molecule has 1 atom stereocenters. The molecule has 162 valence electrons. The van der Waals surface area contributed by atoms with E-state index in [1.54, 1.807) is 7.11 Å². The average Bonchev–Trinajstić information content (AvgIpc) is 3.27.